The van der Waals surface area contributed by atoms with Gasteiger partial charge in [-0.3, -0.25) is 4.79 Å². The molecule has 2 N–H and O–H groups in total. The lowest BCUT2D eigenvalue weighted by Gasteiger charge is -2.09. The van der Waals surface area contributed by atoms with Crippen molar-refractivity contribution in [2.24, 2.45) is 5.10 Å². The average molecular weight is 318 g/mol. The van der Waals surface area contributed by atoms with Crippen LogP contribution in [0, 0.1) is 0 Å². The maximum absolute atomic E-state index is 11.7. The number of nitrogens with zero attached hydrogens (tertiary/aromatic N) is 1. The van der Waals surface area contributed by atoms with E-state index in [9.17, 15) is 4.79 Å². The number of amides is 1. The van der Waals surface area contributed by atoms with Gasteiger partial charge in [0.25, 0.3) is 5.91 Å². The van der Waals surface area contributed by atoms with Gasteiger partial charge in [0.05, 0.1) is 25.6 Å². The molecule has 2 rings (SSSR count). The quantitative estimate of drug-likeness (QED) is 0.636. The zero-order valence-corrected chi connectivity index (χ0v) is 12.8. The minimum absolute atomic E-state index is 0.0836. The van der Waals surface area contributed by atoms with Crippen molar-refractivity contribution < 1.29 is 9.53 Å². The highest BCUT2D eigenvalue weighted by Crippen LogP contribution is 2.22. The van der Waals surface area contributed by atoms with Crippen molar-refractivity contribution in [2.45, 2.75) is 0 Å². The van der Waals surface area contributed by atoms with Crippen molar-refractivity contribution in [3.8, 4) is 5.75 Å². The molecule has 6 heteroatoms. The largest absolute Gasteiger partial charge is 0.495 e. The smallest absolute Gasteiger partial charge is 0.259 e. The predicted octanol–water partition coefficient (Wildman–Crippen LogP) is 2.91. The van der Waals surface area contributed by atoms with Crippen LogP contribution in [-0.2, 0) is 4.79 Å². The number of ether oxygens (including phenoxy) is 1. The zero-order valence-electron chi connectivity index (χ0n) is 12.0. The third-order valence-corrected chi connectivity index (χ3v) is 3.19. The molecule has 0 aliphatic rings. The molecule has 22 heavy (non-hydrogen) atoms. The normalized spacial score (nSPS) is 10.5. The molecule has 0 unspecified atom stereocenters. The van der Waals surface area contributed by atoms with Crippen LogP contribution in [0.3, 0.4) is 0 Å². The number of nitrogens with one attached hydrogen (secondary N) is 2. The molecule has 0 saturated heterocycles. The summed E-state index contributed by atoms with van der Waals surface area (Å²) in [7, 11) is 1.58. The number of rotatable bonds is 6. The van der Waals surface area contributed by atoms with Crippen LogP contribution in [0.2, 0.25) is 5.02 Å². The summed E-state index contributed by atoms with van der Waals surface area (Å²) in [6, 6.07) is 14.6. The summed E-state index contributed by atoms with van der Waals surface area (Å²) in [5, 5.41) is 7.44. The first-order chi connectivity index (χ1) is 10.7. The second-order valence-electron chi connectivity index (χ2n) is 4.37. The van der Waals surface area contributed by atoms with Gasteiger partial charge in [-0.2, -0.15) is 5.10 Å². The van der Waals surface area contributed by atoms with Crippen molar-refractivity contribution >= 4 is 29.4 Å². The molecule has 0 spiro atoms. The molecular formula is C16H16ClN3O2. The highest BCUT2D eigenvalue weighted by molar-refractivity contribution is 6.33. The van der Waals surface area contributed by atoms with E-state index in [0.29, 0.717) is 10.8 Å². The number of halogens is 1. The Labute approximate surface area is 133 Å². The fraction of sp³-hybridized carbons (Fsp3) is 0.125. The Hall–Kier alpha value is -2.53. The second kappa shape index (κ2) is 8.05. The maximum Gasteiger partial charge on any atom is 0.259 e. The van der Waals surface area contributed by atoms with Crippen LogP contribution >= 0.6 is 11.6 Å². The number of para-hydroxylation sites is 2. The van der Waals surface area contributed by atoms with E-state index in [0.717, 1.165) is 11.3 Å². The summed E-state index contributed by atoms with van der Waals surface area (Å²) in [5.41, 5.74) is 3.92. The summed E-state index contributed by atoms with van der Waals surface area (Å²) < 4.78 is 5.19. The van der Waals surface area contributed by atoms with Gasteiger partial charge in [0.1, 0.15) is 5.75 Å². The van der Waals surface area contributed by atoms with Gasteiger partial charge < -0.3 is 10.1 Å². The average Bonchev–Trinajstić information content (AvgIpc) is 2.55. The van der Waals surface area contributed by atoms with E-state index < -0.39 is 0 Å². The number of benzene rings is 2. The van der Waals surface area contributed by atoms with Gasteiger partial charge in [-0.25, -0.2) is 5.43 Å². The fourth-order valence-corrected chi connectivity index (χ4v) is 1.94. The highest BCUT2D eigenvalue weighted by Gasteiger charge is 2.03. The van der Waals surface area contributed by atoms with E-state index in [-0.39, 0.29) is 12.5 Å². The Kier molecular flexibility index (Phi) is 5.80. The fourth-order valence-electron chi connectivity index (χ4n) is 1.76. The van der Waals surface area contributed by atoms with E-state index in [1.807, 2.05) is 42.5 Å². The van der Waals surface area contributed by atoms with Gasteiger partial charge in [-0.15, -0.1) is 0 Å². The van der Waals surface area contributed by atoms with Crippen molar-refractivity contribution in [3.05, 3.63) is 59.1 Å². The number of hydrogen-bond acceptors (Lipinski definition) is 4. The molecule has 0 aliphatic heterocycles. The lowest BCUT2D eigenvalue weighted by atomic mass is 10.2. The van der Waals surface area contributed by atoms with Crippen LogP contribution in [0.15, 0.2) is 53.6 Å². The number of methoxy groups -OCH3 is 1. The van der Waals surface area contributed by atoms with Crippen LogP contribution in [0.25, 0.3) is 0 Å². The molecule has 2 aromatic carbocycles. The third-order valence-electron chi connectivity index (χ3n) is 2.84. The van der Waals surface area contributed by atoms with E-state index in [2.05, 4.69) is 15.8 Å². The van der Waals surface area contributed by atoms with E-state index >= 15 is 0 Å². The summed E-state index contributed by atoms with van der Waals surface area (Å²) in [6.45, 7) is 0.0836. The summed E-state index contributed by atoms with van der Waals surface area (Å²) in [5.74, 6) is 0.407. The van der Waals surface area contributed by atoms with Gasteiger partial charge >= 0.3 is 0 Å². The Morgan fingerprint density at radius 1 is 1.23 bits per heavy atom. The van der Waals surface area contributed by atoms with E-state index in [1.54, 1.807) is 13.2 Å². The molecule has 2 aromatic rings. The molecule has 0 atom stereocenters. The van der Waals surface area contributed by atoms with Crippen LogP contribution in [0.1, 0.15) is 5.56 Å². The van der Waals surface area contributed by atoms with Crippen LogP contribution < -0.4 is 15.5 Å². The molecule has 0 bridgehead atoms. The van der Waals surface area contributed by atoms with Gasteiger partial charge in [-0.05, 0) is 18.2 Å². The number of hydrogen-bond donors (Lipinski definition) is 2. The summed E-state index contributed by atoms with van der Waals surface area (Å²) >= 11 is 5.98. The molecule has 0 radical (unpaired) electrons. The molecule has 0 aromatic heterocycles. The lowest BCUT2D eigenvalue weighted by Crippen LogP contribution is -2.26. The van der Waals surface area contributed by atoms with Crippen LogP contribution in [0.4, 0.5) is 5.69 Å². The minimum Gasteiger partial charge on any atom is -0.495 e. The first-order valence-corrected chi connectivity index (χ1v) is 7.02. The SMILES string of the molecule is COc1ccccc1NCC(=O)NN=Cc1ccccc1Cl. The number of carbonyl (C=O) groups is 1. The van der Waals surface area contributed by atoms with E-state index in [4.69, 9.17) is 16.3 Å². The van der Waals surface area contributed by atoms with Gasteiger partial charge in [0.15, 0.2) is 0 Å². The highest BCUT2D eigenvalue weighted by atomic mass is 35.5. The topological polar surface area (TPSA) is 62.7 Å². The molecule has 5 nitrogen and oxygen atoms in total. The van der Waals surface area contributed by atoms with Crippen molar-refractivity contribution in [1.29, 1.82) is 0 Å². The van der Waals surface area contributed by atoms with E-state index in [1.165, 1.54) is 6.21 Å². The molecular weight excluding hydrogens is 302 g/mol. The Morgan fingerprint density at radius 2 is 1.95 bits per heavy atom. The zero-order chi connectivity index (χ0) is 15.8. The first kappa shape index (κ1) is 15.9. The van der Waals surface area contributed by atoms with Gasteiger partial charge in [0, 0.05) is 10.6 Å². The monoisotopic (exact) mass is 317 g/mol. The summed E-state index contributed by atoms with van der Waals surface area (Å²) in [4.78, 5) is 11.7. The number of hydrazone groups is 1. The number of carbonyl (C=O) groups excluding carboxylic acids is 1. The first-order valence-electron chi connectivity index (χ1n) is 6.64. The molecule has 0 heterocycles. The van der Waals surface area contributed by atoms with Crippen molar-refractivity contribution in [2.75, 3.05) is 19.0 Å². The molecule has 114 valence electrons. The van der Waals surface area contributed by atoms with Crippen molar-refractivity contribution in [1.82, 2.24) is 5.43 Å². The summed E-state index contributed by atoms with van der Waals surface area (Å²) in [6.07, 6.45) is 1.50. The molecule has 0 aliphatic carbocycles. The van der Waals surface area contributed by atoms with Gasteiger partial charge in [0.2, 0.25) is 0 Å². The Balaban J connectivity index is 1.85. The van der Waals surface area contributed by atoms with Crippen LogP contribution in [-0.4, -0.2) is 25.8 Å². The molecule has 0 saturated carbocycles. The van der Waals surface area contributed by atoms with Crippen molar-refractivity contribution in [3.63, 3.8) is 0 Å². The minimum atomic E-state index is -0.269. The Morgan fingerprint density at radius 3 is 2.73 bits per heavy atom. The maximum atomic E-state index is 11.7. The second-order valence-corrected chi connectivity index (χ2v) is 4.78. The standard InChI is InChI=1S/C16H16ClN3O2/c1-22-15-9-5-4-8-14(15)18-11-16(21)20-19-10-12-6-2-3-7-13(12)17/h2-10,18H,11H2,1H3,(H,20,21). The number of anilines is 1. The predicted molar refractivity (Wildman–Crippen MR) is 88.7 cm³/mol. The third kappa shape index (κ3) is 4.49. The molecule has 1 amide bonds. The van der Waals surface area contributed by atoms with Crippen LogP contribution in [0.5, 0.6) is 5.75 Å². The van der Waals surface area contributed by atoms with Gasteiger partial charge in [-0.1, -0.05) is 41.9 Å². The lowest BCUT2D eigenvalue weighted by molar-refractivity contribution is -0.119. The Bertz CT molecular complexity index is 674. The molecule has 0 fully saturated rings.